The van der Waals surface area contributed by atoms with Crippen LogP contribution < -0.4 is 15.4 Å². The molecule has 0 aliphatic heterocycles. The van der Waals surface area contributed by atoms with Crippen LogP contribution in [0.3, 0.4) is 0 Å². The van der Waals surface area contributed by atoms with Crippen LogP contribution in [-0.4, -0.2) is 38.7 Å². The summed E-state index contributed by atoms with van der Waals surface area (Å²) in [5, 5.41) is 5.56. The van der Waals surface area contributed by atoms with E-state index in [0.29, 0.717) is 36.6 Å². The molecule has 2 aromatic carbocycles. The summed E-state index contributed by atoms with van der Waals surface area (Å²) in [6, 6.07) is 13.8. The fraction of sp³-hybridized carbons (Fsp3) is 0.333. The van der Waals surface area contributed by atoms with E-state index in [-0.39, 0.29) is 11.8 Å². The molecule has 0 spiro atoms. The number of carbonyl (C=O) groups excluding carboxylic acids is 2. The molecule has 0 fully saturated rings. The minimum atomic E-state index is -0.215. The molecule has 0 saturated carbocycles. The maximum absolute atomic E-state index is 12.3. The van der Waals surface area contributed by atoms with E-state index in [9.17, 15) is 9.59 Å². The molecule has 144 valence electrons. The van der Waals surface area contributed by atoms with Crippen molar-refractivity contribution in [2.45, 2.75) is 19.8 Å². The van der Waals surface area contributed by atoms with Gasteiger partial charge in [0.1, 0.15) is 5.75 Å². The second kappa shape index (κ2) is 11.0. The lowest BCUT2D eigenvalue weighted by atomic mass is 10.1. The van der Waals surface area contributed by atoms with Crippen molar-refractivity contribution in [3.05, 3.63) is 59.7 Å². The Morgan fingerprint density at radius 3 is 2.15 bits per heavy atom. The normalized spacial score (nSPS) is 10.3. The van der Waals surface area contributed by atoms with Gasteiger partial charge in [0.2, 0.25) is 0 Å². The van der Waals surface area contributed by atoms with Crippen LogP contribution in [0, 0.1) is 0 Å². The zero-order valence-electron chi connectivity index (χ0n) is 15.8. The van der Waals surface area contributed by atoms with E-state index >= 15 is 0 Å². The van der Waals surface area contributed by atoms with Gasteiger partial charge in [0, 0.05) is 30.5 Å². The maximum Gasteiger partial charge on any atom is 0.255 e. The van der Waals surface area contributed by atoms with Crippen molar-refractivity contribution >= 4 is 17.5 Å². The molecule has 0 atom stereocenters. The highest BCUT2D eigenvalue weighted by atomic mass is 16.5. The molecule has 0 unspecified atom stereocenters. The predicted molar refractivity (Wildman–Crippen MR) is 105 cm³/mol. The molecule has 6 heteroatoms. The second-order valence-electron chi connectivity index (χ2n) is 6.01. The van der Waals surface area contributed by atoms with Crippen molar-refractivity contribution in [2.24, 2.45) is 0 Å². The van der Waals surface area contributed by atoms with Crippen LogP contribution in [0.4, 0.5) is 5.69 Å². The van der Waals surface area contributed by atoms with E-state index < -0.39 is 0 Å². The molecule has 0 saturated heterocycles. The second-order valence-corrected chi connectivity index (χ2v) is 6.01. The zero-order chi connectivity index (χ0) is 19.5. The maximum atomic E-state index is 12.3. The Kier molecular flexibility index (Phi) is 8.32. The largest absolute Gasteiger partial charge is 0.494 e. The summed E-state index contributed by atoms with van der Waals surface area (Å²) < 4.78 is 10.5. The summed E-state index contributed by atoms with van der Waals surface area (Å²) in [6.07, 6.45) is 2.08. The van der Waals surface area contributed by atoms with Crippen LogP contribution in [-0.2, 0) is 4.74 Å². The van der Waals surface area contributed by atoms with Gasteiger partial charge >= 0.3 is 0 Å². The summed E-state index contributed by atoms with van der Waals surface area (Å²) in [4.78, 5) is 24.3. The predicted octanol–water partition coefficient (Wildman–Crippen LogP) is 3.49. The van der Waals surface area contributed by atoms with Gasteiger partial charge in [-0.2, -0.15) is 0 Å². The molecule has 0 heterocycles. The first kappa shape index (κ1) is 20.5. The van der Waals surface area contributed by atoms with Crippen LogP contribution in [0.5, 0.6) is 5.75 Å². The number of ether oxygens (including phenoxy) is 2. The molecular formula is C21H26N2O4. The summed E-state index contributed by atoms with van der Waals surface area (Å²) in [5.74, 6) is 0.361. The van der Waals surface area contributed by atoms with Crippen molar-refractivity contribution < 1.29 is 19.1 Å². The molecule has 0 bridgehead atoms. The number of benzene rings is 2. The van der Waals surface area contributed by atoms with Crippen molar-refractivity contribution in [1.82, 2.24) is 5.32 Å². The van der Waals surface area contributed by atoms with E-state index in [2.05, 4.69) is 17.6 Å². The molecule has 27 heavy (non-hydrogen) atoms. The topological polar surface area (TPSA) is 76.7 Å². The van der Waals surface area contributed by atoms with Crippen molar-refractivity contribution in [2.75, 3.05) is 32.2 Å². The Hall–Kier alpha value is -2.86. The third-order valence-electron chi connectivity index (χ3n) is 3.88. The Morgan fingerprint density at radius 1 is 0.889 bits per heavy atom. The number of carbonyl (C=O) groups is 2. The lowest BCUT2D eigenvalue weighted by Crippen LogP contribution is -2.26. The Balaban J connectivity index is 1.88. The van der Waals surface area contributed by atoms with Gasteiger partial charge in [-0.05, 0) is 55.0 Å². The van der Waals surface area contributed by atoms with Crippen LogP contribution in [0.15, 0.2) is 48.5 Å². The van der Waals surface area contributed by atoms with Crippen LogP contribution in [0.1, 0.15) is 40.5 Å². The van der Waals surface area contributed by atoms with Crippen LogP contribution in [0.25, 0.3) is 0 Å². The van der Waals surface area contributed by atoms with Gasteiger partial charge in [-0.3, -0.25) is 9.59 Å². The van der Waals surface area contributed by atoms with Crippen molar-refractivity contribution in [3.8, 4) is 5.75 Å². The SMILES string of the molecule is CCCCOc1ccc(C(=O)Nc2ccc(C(=O)NCCOC)cc2)cc1. The van der Waals surface area contributed by atoms with Gasteiger partial charge in [-0.25, -0.2) is 0 Å². The first-order valence-electron chi connectivity index (χ1n) is 9.05. The molecule has 0 aromatic heterocycles. The summed E-state index contributed by atoms with van der Waals surface area (Å²) in [5.41, 5.74) is 1.69. The van der Waals surface area contributed by atoms with Crippen LogP contribution >= 0.6 is 0 Å². The van der Waals surface area contributed by atoms with Gasteiger partial charge in [-0.1, -0.05) is 13.3 Å². The minimum Gasteiger partial charge on any atom is -0.494 e. The number of rotatable bonds is 10. The molecule has 0 radical (unpaired) electrons. The average molecular weight is 370 g/mol. The summed E-state index contributed by atoms with van der Waals surface area (Å²) >= 11 is 0. The highest BCUT2D eigenvalue weighted by molar-refractivity contribution is 6.04. The molecule has 0 aliphatic rings. The number of hydrogen-bond acceptors (Lipinski definition) is 4. The summed E-state index contributed by atoms with van der Waals surface area (Å²) in [7, 11) is 1.58. The molecule has 2 aromatic rings. The van der Waals surface area contributed by atoms with Gasteiger partial charge < -0.3 is 20.1 Å². The fourth-order valence-corrected chi connectivity index (χ4v) is 2.31. The van der Waals surface area contributed by atoms with Gasteiger partial charge in [0.15, 0.2) is 0 Å². The minimum absolute atomic E-state index is 0.177. The monoisotopic (exact) mass is 370 g/mol. The lowest BCUT2D eigenvalue weighted by molar-refractivity contribution is 0.0936. The number of hydrogen-bond donors (Lipinski definition) is 2. The molecular weight excluding hydrogens is 344 g/mol. The molecule has 0 aliphatic carbocycles. The number of amides is 2. The fourth-order valence-electron chi connectivity index (χ4n) is 2.31. The molecule has 2 amide bonds. The first-order chi connectivity index (χ1) is 13.1. The molecule has 2 N–H and O–H groups in total. The average Bonchev–Trinajstić information content (AvgIpc) is 2.69. The smallest absolute Gasteiger partial charge is 0.255 e. The first-order valence-corrected chi connectivity index (χ1v) is 9.05. The van der Waals surface area contributed by atoms with E-state index in [1.165, 1.54) is 0 Å². The zero-order valence-corrected chi connectivity index (χ0v) is 15.8. The van der Waals surface area contributed by atoms with E-state index in [1.54, 1.807) is 55.6 Å². The number of unbranched alkanes of at least 4 members (excludes halogenated alkanes) is 1. The summed E-state index contributed by atoms with van der Waals surface area (Å²) in [6.45, 7) is 3.69. The third-order valence-corrected chi connectivity index (χ3v) is 3.88. The Labute approximate surface area is 159 Å². The quantitative estimate of drug-likeness (QED) is 0.628. The molecule has 6 nitrogen and oxygen atoms in total. The number of methoxy groups -OCH3 is 1. The number of anilines is 1. The van der Waals surface area contributed by atoms with Crippen molar-refractivity contribution in [3.63, 3.8) is 0 Å². The Bertz CT molecular complexity index is 727. The number of nitrogens with one attached hydrogen (secondary N) is 2. The van der Waals surface area contributed by atoms with E-state index in [4.69, 9.17) is 9.47 Å². The Morgan fingerprint density at radius 2 is 1.52 bits per heavy atom. The van der Waals surface area contributed by atoms with Gasteiger partial charge in [0.05, 0.1) is 13.2 Å². The third kappa shape index (κ3) is 6.75. The van der Waals surface area contributed by atoms with Crippen molar-refractivity contribution in [1.29, 1.82) is 0 Å². The highest BCUT2D eigenvalue weighted by Gasteiger charge is 2.08. The lowest BCUT2D eigenvalue weighted by Gasteiger charge is -2.09. The molecule has 2 rings (SSSR count). The van der Waals surface area contributed by atoms with Crippen LogP contribution in [0.2, 0.25) is 0 Å². The van der Waals surface area contributed by atoms with E-state index in [1.807, 2.05) is 0 Å². The van der Waals surface area contributed by atoms with Gasteiger partial charge in [0.25, 0.3) is 11.8 Å². The highest BCUT2D eigenvalue weighted by Crippen LogP contribution is 2.15. The van der Waals surface area contributed by atoms with E-state index in [0.717, 1.165) is 18.6 Å². The van der Waals surface area contributed by atoms with Gasteiger partial charge in [-0.15, -0.1) is 0 Å². The standard InChI is InChI=1S/C21H26N2O4/c1-3-4-14-27-19-11-7-17(8-12-19)21(25)23-18-9-5-16(6-10-18)20(24)22-13-15-26-2/h5-12H,3-4,13-15H2,1-2H3,(H,22,24)(H,23,25).